The van der Waals surface area contributed by atoms with Crippen molar-refractivity contribution >= 4 is 11.8 Å². The quantitative estimate of drug-likeness (QED) is 0.744. The van der Waals surface area contributed by atoms with Crippen LogP contribution in [0.1, 0.15) is 48.8 Å². The fraction of sp³-hybridized carbons (Fsp3) is 0.560. The van der Waals surface area contributed by atoms with Gasteiger partial charge in [-0.3, -0.25) is 14.5 Å². The van der Waals surface area contributed by atoms with E-state index in [1.54, 1.807) is 25.9 Å². The predicted octanol–water partition coefficient (Wildman–Crippen LogP) is 2.65. The summed E-state index contributed by atoms with van der Waals surface area (Å²) in [7, 11) is 3.60. The van der Waals surface area contributed by atoms with Crippen LogP contribution in [0.25, 0.3) is 11.4 Å². The van der Waals surface area contributed by atoms with Crippen molar-refractivity contribution in [3.63, 3.8) is 0 Å². The number of carbonyl (C=O) groups is 2. The summed E-state index contributed by atoms with van der Waals surface area (Å²) >= 11 is 0. The molecule has 3 aliphatic heterocycles. The third-order valence-electron chi connectivity index (χ3n) is 7.54. The molecule has 2 bridgehead atoms. The number of piperidine rings is 1. The smallest absolute Gasteiger partial charge is 0.273 e. The highest BCUT2D eigenvalue weighted by atomic mass is 16.2. The Morgan fingerprint density at radius 3 is 2.31 bits per heavy atom. The zero-order chi connectivity index (χ0) is 22.4. The minimum Gasteiger partial charge on any atom is -0.343 e. The van der Waals surface area contributed by atoms with Crippen LogP contribution in [0.5, 0.6) is 0 Å². The second-order valence-electron chi connectivity index (χ2n) is 9.68. The molecular formula is C25H33N5O2. The SMILES string of the molecule is CC(=O)N1CCC(N2[C@@H]3CC[C@H]2Cc2c(C(=O)N(C)C)nc(-c4ccccc4)n2C3)CC1. The van der Waals surface area contributed by atoms with Crippen molar-refractivity contribution in [1.82, 2.24) is 24.3 Å². The highest BCUT2D eigenvalue weighted by molar-refractivity contribution is 5.94. The molecule has 32 heavy (non-hydrogen) atoms. The standard InChI is InChI=1S/C25H33N5O2/c1-17(31)28-13-11-19(12-14-28)30-20-9-10-21(30)16-29-22(15-20)23(25(32)27(2)3)26-24(29)18-7-5-4-6-8-18/h4-8,19-21H,9-16H2,1-3H3/t20-,21+/m0/s1. The van der Waals surface area contributed by atoms with Crippen LogP contribution >= 0.6 is 0 Å². The summed E-state index contributed by atoms with van der Waals surface area (Å²) in [5.41, 5.74) is 2.75. The van der Waals surface area contributed by atoms with Gasteiger partial charge in [-0.1, -0.05) is 30.3 Å². The van der Waals surface area contributed by atoms with Crippen LogP contribution in [0.2, 0.25) is 0 Å². The van der Waals surface area contributed by atoms with Crippen molar-refractivity contribution in [2.24, 2.45) is 0 Å². The van der Waals surface area contributed by atoms with Crippen LogP contribution in [0.15, 0.2) is 30.3 Å². The highest BCUT2D eigenvalue weighted by Crippen LogP contribution is 2.38. The number of hydrogen-bond acceptors (Lipinski definition) is 4. The van der Waals surface area contributed by atoms with Gasteiger partial charge in [0.25, 0.3) is 5.91 Å². The molecule has 2 fully saturated rings. The lowest BCUT2D eigenvalue weighted by atomic mass is 10.00. The van der Waals surface area contributed by atoms with Gasteiger partial charge in [-0.15, -0.1) is 0 Å². The molecule has 7 nitrogen and oxygen atoms in total. The van der Waals surface area contributed by atoms with E-state index < -0.39 is 0 Å². The van der Waals surface area contributed by atoms with E-state index in [0.29, 0.717) is 23.8 Å². The lowest BCUT2D eigenvalue weighted by Crippen LogP contribution is -2.51. The molecule has 0 unspecified atom stereocenters. The maximum atomic E-state index is 13.1. The van der Waals surface area contributed by atoms with Crippen molar-refractivity contribution in [2.75, 3.05) is 27.2 Å². The molecule has 0 radical (unpaired) electrons. The van der Waals surface area contributed by atoms with Crippen LogP contribution < -0.4 is 0 Å². The molecule has 2 saturated heterocycles. The highest BCUT2D eigenvalue weighted by Gasteiger charge is 2.43. The number of likely N-dealkylation sites (tertiary alicyclic amines) is 1. The Morgan fingerprint density at radius 1 is 0.969 bits per heavy atom. The Kier molecular flexibility index (Phi) is 5.53. The molecule has 0 saturated carbocycles. The minimum atomic E-state index is -0.0185. The first-order valence-electron chi connectivity index (χ1n) is 11.8. The Labute approximate surface area is 190 Å². The Morgan fingerprint density at radius 2 is 1.66 bits per heavy atom. The first-order valence-corrected chi connectivity index (χ1v) is 11.8. The first kappa shape index (κ1) is 21.2. The zero-order valence-electron chi connectivity index (χ0n) is 19.3. The lowest BCUT2D eigenvalue weighted by molar-refractivity contribution is -0.130. The van der Waals surface area contributed by atoms with Gasteiger partial charge < -0.3 is 14.4 Å². The number of fused-ring (bicyclic) bond motifs is 3. The van der Waals surface area contributed by atoms with Gasteiger partial charge in [-0.2, -0.15) is 0 Å². The average molecular weight is 436 g/mol. The van der Waals surface area contributed by atoms with E-state index in [9.17, 15) is 9.59 Å². The number of amides is 2. The Hall–Kier alpha value is -2.67. The number of aromatic nitrogens is 2. The Bertz CT molecular complexity index is 1010. The maximum absolute atomic E-state index is 13.1. The van der Waals surface area contributed by atoms with E-state index in [4.69, 9.17) is 4.98 Å². The molecule has 0 spiro atoms. The number of rotatable bonds is 3. The largest absolute Gasteiger partial charge is 0.343 e. The fourth-order valence-electron chi connectivity index (χ4n) is 5.96. The Balaban J connectivity index is 1.49. The molecule has 2 aromatic rings. The third-order valence-corrected chi connectivity index (χ3v) is 7.54. The summed E-state index contributed by atoms with van der Waals surface area (Å²) in [6, 6.07) is 11.6. The van der Waals surface area contributed by atoms with Gasteiger partial charge >= 0.3 is 0 Å². The number of nitrogens with zero attached hydrogens (tertiary/aromatic N) is 5. The molecule has 1 aromatic carbocycles. The van der Waals surface area contributed by atoms with Gasteiger partial charge in [-0.05, 0) is 25.7 Å². The molecule has 0 aliphatic carbocycles. The van der Waals surface area contributed by atoms with Gasteiger partial charge in [0, 0.05) is 70.8 Å². The number of carbonyl (C=O) groups excluding carboxylic acids is 2. The molecule has 0 N–H and O–H groups in total. The van der Waals surface area contributed by atoms with Crippen LogP contribution in [0.4, 0.5) is 0 Å². The second kappa shape index (κ2) is 8.35. The molecule has 5 rings (SSSR count). The van der Waals surface area contributed by atoms with Gasteiger partial charge in [-0.25, -0.2) is 4.98 Å². The maximum Gasteiger partial charge on any atom is 0.273 e. The van der Waals surface area contributed by atoms with Crippen molar-refractivity contribution in [3.05, 3.63) is 41.7 Å². The van der Waals surface area contributed by atoms with Gasteiger partial charge in [0.1, 0.15) is 11.5 Å². The van der Waals surface area contributed by atoms with E-state index in [-0.39, 0.29) is 11.8 Å². The van der Waals surface area contributed by atoms with E-state index in [1.165, 1.54) is 12.8 Å². The normalized spacial score (nSPS) is 23.7. The van der Waals surface area contributed by atoms with Gasteiger partial charge in [0.05, 0.1) is 5.69 Å². The van der Waals surface area contributed by atoms with E-state index in [2.05, 4.69) is 21.6 Å². The first-order chi connectivity index (χ1) is 15.4. The van der Waals surface area contributed by atoms with Crippen molar-refractivity contribution in [1.29, 1.82) is 0 Å². The monoisotopic (exact) mass is 435 g/mol. The second-order valence-corrected chi connectivity index (χ2v) is 9.68. The molecule has 4 heterocycles. The van der Waals surface area contributed by atoms with Gasteiger partial charge in [0.2, 0.25) is 5.91 Å². The summed E-state index contributed by atoms with van der Waals surface area (Å²) in [5, 5.41) is 0. The molecule has 170 valence electrons. The topological polar surface area (TPSA) is 61.7 Å². The third kappa shape index (κ3) is 3.62. The van der Waals surface area contributed by atoms with E-state index in [1.807, 2.05) is 23.1 Å². The van der Waals surface area contributed by atoms with Crippen LogP contribution in [-0.2, 0) is 17.8 Å². The summed E-state index contributed by atoms with van der Waals surface area (Å²) < 4.78 is 2.33. The van der Waals surface area contributed by atoms with E-state index >= 15 is 0 Å². The van der Waals surface area contributed by atoms with Crippen molar-refractivity contribution in [2.45, 2.75) is 63.7 Å². The van der Waals surface area contributed by atoms with Crippen molar-refractivity contribution in [3.8, 4) is 11.4 Å². The molecule has 2 amide bonds. The van der Waals surface area contributed by atoms with Crippen LogP contribution in [0.3, 0.4) is 0 Å². The van der Waals surface area contributed by atoms with Crippen LogP contribution in [0, 0.1) is 0 Å². The lowest BCUT2D eigenvalue weighted by Gasteiger charge is -2.41. The van der Waals surface area contributed by atoms with Crippen LogP contribution in [-0.4, -0.2) is 81.4 Å². The fourth-order valence-corrected chi connectivity index (χ4v) is 5.96. The molecule has 1 aromatic heterocycles. The molecular weight excluding hydrogens is 402 g/mol. The van der Waals surface area contributed by atoms with Crippen molar-refractivity contribution < 1.29 is 9.59 Å². The zero-order valence-corrected chi connectivity index (χ0v) is 19.3. The van der Waals surface area contributed by atoms with E-state index in [0.717, 1.165) is 56.0 Å². The molecule has 3 aliphatic rings. The number of benzene rings is 1. The molecule has 2 atom stereocenters. The number of hydrogen-bond donors (Lipinski definition) is 0. The summed E-state index contributed by atoms with van der Waals surface area (Å²) in [6.07, 6.45) is 5.28. The summed E-state index contributed by atoms with van der Waals surface area (Å²) in [4.78, 5) is 36.1. The summed E-state index contributed by atoms with van der Waals surface area (Å²) in [6.45, 7) is 4.24. The number of imidazole rings is 1. The van der Waals surface area contributed by atoms with Gasteiger partial charge in [0.15, 0.2) is 0 Å². The summed E-state index contributed by atoms with van der Waals surface area (Å²) in [5.74, 6) is 1.07. The molecule has 7 heteroatoms. The average Bonchev–Trinajstić information content (AvgIpc) is 3.29. The minimum absolute atomic E-state index is 0.0185. The predicted molar refractivity (Wildman–Crippen MR) is 123 cm³/mol.